The van der Waals surface area contributed by atoms with Crippen LogP contribution in [0.4, 0.5) is 5.69 Å². The van der Waals surface area contributed by atoms with Gasteiger partial charge in [0.15, 0.2) is 0 Å². The van der Waals surface area contributed by atoms with Gasteiger partial charge >= 0.3 is 0 Å². The summed E-state index contributed by atoms with van der Waals surface area (Å²) < 4.78 is 27.6. The normalized spacial score (nSPS) is 17.2. The lowest BCUT2D eigenvalue weighted by Gasteiger charge is -2.22. The molecule has 4 rings (SSSR count). The van der Waals surface area contributed by atoms with Gasteiger partial charge in [0.2, 0.25) is 15.0 Å². The molecule has 0 radical (unpaired) electrons. The molecule has 156 valence electrons. The number of halogens is 1. The van der Waals surface area contributed by atoms with E-state index in [1.165, 1.54) is 16.4 Å². The number of benzene rings is 2. The van der Waals surface area contributed by atoms with E-state index in [1.807, 2.05) is 31.2 Å². The second kappa shape index (κ2) is 8.43. The summed E-state index contributed by atoms with van der Waals surface area (Å²) in [5.41, 5.74) is 1.75. The van der Waals surface area contributed by atoms with Crippen LogP contribution in [0.5, 0.6) is 0 Å². The molecule has 1 aromatic heterocycles. The molecule has 1 atom stereocenters. The van der Waals surface area contributed by atoms with Gasteiger partial charge < -0.3 is 5.32 Å². The van der Waals surface area contributed by atoms with Crippen LogP contribution in [0, 0.1) is 6.92 Å². The first-order valence-corrected chi connectivity index (χ1v) is 12.0. The number of carbonyl (C=O) groups is 1. The Kier molecular flexibility index (Phi) is 5.88. The van der Waals surface area contributed by atoms with Gasteiger partial charge in [-0.1, -0.05) is 40.6 Å². The Hall–Kier alpha value is -2.33. The highest BCUT2D eigenvalue weighted by Gasteiger charge is 2.38. The predicted octanol–water partition coefficient (Wildman–Crippen LogP) is 4.28. The van der Waals surface area contributed by atoms with Crippen LogP contribution < -0.4 is 5.32 Å². The Labute approximate surface area is 183 Å². The van der Waals surface area contributed by atoms with Crippen molar-refractivity contribution in [2.75, 3.05) is 11.9 Å². The second-order valence-electron chi connectivity index (χ2n) is 6.99. The Morgan fingerprint density at radius 2 is 1.83 bits per heavy atom. The average Bonchev–Trinajstić information content (AvgIpc) is 3.40. The van der Waals surface area contributed by atoms with Crippen molar-refractivity contribution in [3.8, 4) is 0 Å². The van der Waals surface area contributed by atoms with Crippen molar-refractivity contribution >= 4 is 44.6 Å². The van der Waals surface area contributed by atoms with Gasteiger partial charge in [0, 0.05) is 17.3 Å². The van der Waals surface area contributed by atoms with Crippen molar-refractivity contribution in [1.82, 2.24) is 14.5 Å². The Balaban J connectivity index is 1.54. The fraction of sp³-hybridized carbons (Fsp3) is 0.250. The summed E-state index contributed by atoms with van der Waals surface area (Å²) in [4.78, 5) is 12.7. The highest BCUT2D eigenvalue weighted by molar-refractivity contribution is 7.89. The van der Waals surface area contributed by atoms with Crippen molar-refractivity contribution in [2.45, 2.75) is 30.7 Å². The topological polar surface area (TPSA) is 92.3 Å². The summed E-state index contributed by atoms with van der Waals surface area (Å²) in [6.07, 6.45) is 1.34. The molecule has 1 amide bonds. The number of anilines is 1. The van der Waals surface area contributed by atoms with Crippen LogP contribution in [0.15, 0.2) is 53.4 Å². The van der Waals surface area contributed by atoms with Crippen molar-refractivity contribution in [3.63, 3.8) is 0 Å². The zero-order valence-electron chi connectivity index (χ0n) is 16.1. The number of aromatic nitrogens is 2. The highest BCUT2D eigenvalue weighted by atomic mass is 35.5. The maximum Gasteiger partial charge on any atom is 0.286 e. The second-order valence-corrected chi connectivity index (χ2v) is 10.3. The van der Waals surface area contributed by atoms with E-state index in [2.05, 4.69) is 15.5 Å². The van der Waals surface area contributed by atoms with Crippen LogP contribution in [0.2, 0.25) is 5.02 Å². The van der Waals surface area contributed by atoms with E-state index in [4.69, 9.17) is 11.6 Å². The Morgan fingerprint density at radius 1 is 1.13 bits per heavy atom. The summed E-state index contributed by atoms with van der Waals surface area (Å²) in [7, 11) is -3.70. The van der Waals surface area contributed by atoms with E-state index in [1.54, 1.807) is 12.1 Å². The van der Waals surface area contributed by atoms with Gasteiger partial charge in [-0.3, -0.25) is 4.79 Å². The molecule has 2 heterocycles. The van der Waals surface area contributed by atoms with Crippen molar-refractivity contribution in [3.05, 3.63) is 69.1 Å². The van der Waals surface area contributed by atoms with Gasteiger partial charge in [-0.2, -0.15) is 4.31 Å². The van der Waals surface area contributed by atoms with Gasteiger partial charge in [0.05, 0.1) is 10.9 Å². The smallest absolute Gasteiger partial charge is 0.286 e. The molecule has 2 aromatic carbocycles. The third-order valence-electron chi connectivity index (χ3n) is 4.85. The number of aryl methyl sites for hydroxylation is 1. The van der Waals surface area contributed by atoms with Crippen LogP contribution in [0.1, 0.15) is 39.3 Å². The minimum Gasteiger partial charge on any atom is -0.320 e. The molecule has 0 aliphatic carbocycles. The molecule has 3 aromatic rings. The molecule has 0 spiro atoms. The average molecular weight is 463 g/mol. The van der Waals surface area contributed by atoms with E-state index >= 15 is 0 Å². The predicted molar refractivity (Wildman–Crippen MR) is 116 cm³/mol. The molecule has 10 heteroatoms. The van der Waals surface area contributed by atoms with Gasteiger partial charge in [0.25, 0.3) is 5.91 Å². The molecule has 0 unspecified atom stereocenters. The minimum atomic E-state index is -3.70. The SMILES string of the molecule is Cc1ccc(NC(=O)c2nnc([C@@H]3CCCN3S(=O)(=O)c3ccc(Cl)cc3)s2)cc1. The summed E-state index contributed by atoms with van der Waals surface area (Å²) in [6, 6.07) is 13.1. The van der Waals surface area contributed by atoms with Crippen LogP contribution in [0.25, 0.3) is 0 Å². The standard InChI is InChI=1S/C20H19ClN4O3S2/c1-13-4-8-15(9-5-13)22-18(26)20-24-23-19(29-20)17-3-2-12-25(17)30(27,28)16-10-6-14(21)7-11-16/h4-11,17H,2-3,12H2,1H3,(H,22,26)/t17-/m0/s1. The number of nitrogens with zero attached hydrogens (tertiary/aromatic N) is 3. The summed E-state index contributed by atoms with van der Waals surface area (Å²) in [5, 5.41) is 12.1. The Morgan fingerprint density at radius 3 is 2.53 bits per heavy atom. The first-order valence-electron chi connectivity index (χ1n) is 9.33. The van der Waals surface area contributed by atoms with Gasteiger partial charge in [-0.15, -0.1) is 10.2 Å². The fourth-order valence-electron chi connectivity index (χ4n) is 3.30. The number of nitrogens with one attached hydrogen (secondary N) is 1. The van der Waals surface area contributed by atoms with E-state index in [9.17, 15) is 13.2 Å². The van der Waals surface area contributed by atoms with Crippen LogP contribution in [-0.4, -0.2) is 35.4 Å². The number of sulfonamides is 1. The molecule has 1 N–H and O–H groups in total. The fourth-order valence-corrected chi connectivity index (χ4v) is 6.04. The summed E-state index contributed by atoms with van der Waals surface area (Å²) >= 11 is 7.00. The van der Waals surface area contributed by atoms with Crippen molar-refractivity contribution in [2.24, 2.45) is 0 Å². The van der Waals surface area contributed by atoms with Gasteiger partial charge in [-0.25, -0.2) is 8.42 Å². The molecule has 1 aliphatic rings. The van der Waals surface area contributed by atoms with E-state index in [0.29, 0.717) is 35.1 Å². The zero-order chi connectivity index (χ0) is 21.3. The molecule has 30 heavy (non-hydrogen) atoms. The molecule has 0 bridgehead atoms. The molecule has 7 nitrogen and oxygen atoms in total. The maximum atomic E-state index is 13.1. The third-order valence-corrected chi connectivity index (χ3v) is 8.05. The summed E-state index contributed by atoms with van der Waals surface area (Å²) in [5.74, 6) is -0.368. The van der Waals surface area contributed by atoms with Gasteiger partial charge in [-0.05, 0) is 56.2 Å². The highest BCUT2D eigenvalue weighted by Crippen LogP contribution is 2.38. The number of carbonyl (C=O) groups excluding carboxylic acids is 1. The van der Waals surface area contributed by atoms with Crippen LogP contribution >= 0.6 is 22.9 Å². The number of hydrogen-bond acceptors (Lipinski definition) is 6. The molecule has 1 aliphatic heterocycles. The van der Waals surface area contributed by atoms with Crippen LogP contribution in [0.3, 0.4) is 0 Å². The zero-order valence-corrected chi connectivity index (χ0v) is 18.5. The van der Waals surface area contributed by atoms with Crippen molar-refractivity contribution < 1.29 is 13.2 Å². The molecule has 1 saturated heterocycles. The van der Waals surface area contributed by atoms with Gasteiger partial charge in [0.1, 0.15) is 5.01 Å². The lowest BCUT2D eigenvalue weighted by atomic mass is 10.2. The monoisotopic (exact) mass is 462 g/mol. The first kappa shape index (κ1) is 20.9. The number of hydrogen-bond donors (Lipinski definition) is 1. The van der Waals surface area contributed by atoms with E-state index in [-0.39, 0.29) is 15.8 Å². The largest absolute Gasteiger partial charge is 0.320 e. The Bertz CT molecular complexity index is 1160. The minimum absolute atomic E-state index is 0.181. The molecule has 0 saturated carbocycles. The quantitative estimate of drug-likeness (QED) is 0.611. The molecule has 1 fully saturated rings. The van der Waals surface area contributed by atoms with Crippen LogP contribution in [-0.2, 0) is 10.0 Å². The lowest BCUT2D eigenvalue weighted by molar-refractivity contribution is 0.102. The summed E-state index contributed by atoms with van der Waals surface area (Å²) in [6.45, 7) is 2.36. The maximum absolute atomic E-state index is 13.1. The number of amides is 1. The van der Waals surface area contributed by atoms with E-state index < -0.39 is 16.1 Å². The van der Waals surface area contributed by atoms with E-state index in [0.717, 1.165) is 16.9 Å². The molecular weight excluding hydrogens is 444 g/mol. The van der Waals surface area contributed by atoms with Crippen molar-refractivity contribution in [1.29, 1.82) is 0 Å². The lowest BCUT2D eigenvalue weighted by Crippen LogP contribution is -2.30. The first-order chi connectivity index (χ1) is 14.3. The molecular formula is C20H19ClN4O3S2. The third kappa shape index (κ3) is 4.24. The number of rotatable bonds is 5.